The fourth-order valence-corrected chi connectivity index (χ4v) is 4.08. The Morgan fingerprint density at radius 3 is 2.72 bits per heavy atom. The monoisotopic (exact) mass is 439 g/mol. The third-order valence-corrected chi connectivity index (χ3v) is 5.59. The first kappa shape index (κ1) is 23.4. The molecule has 2 heterocycles. The Labute approximate surface area is 187 Å². The predicted molar refractivity (Wildman–Crippen MR) is 118 cm³/mol. The van der Waals surface area contributed by atoms with Crippen LogP contribution in [0.5, 0.6) is 5.75 Å². The van der Waals surface area contributed by atoms with Gasteiger partial charge in [-0.2, -0.15) is 0 Å². The molecule has 1 fully saturated rings. The lowest BCUT2D eigenvalue weighted by Crippen LogP contribution is -2.43. The quantitative estimate of drug-likeness (QED) is 0.425. The van der Waals surface area contributed by atoms with Crippen LogP contribution in [0.3, 0.4) is 0 Å². The smallest absolute Gasteiger partial charge is 0.240 e. The Balaban J connectivity index is 1.71. The minimum absolute atomic E-state index is 0.0245. The summed E-state index contributed by atoms with van der Waals surface area (Å²) in [5, 5.41) is 2.81. The van der Waals surface area contributed by atoms with Crippen LogP contribution in [0.25, 0.3) is 0 Å². The van der Waals surface area contributed by atoms with Gasteiger partial charge < -0.3 is 14.8 Å². The number of nitrogens with one attached hydrogen (secondary N) is 1. The minimum Gasteiger partial charge on any atom is -0.490 e. The fourth-order valence-electron chi connectivity index (χ4n) is 4.08. The summed E-state index contributed by atoms with van der Waals surface area (Å²) >= 11 is 0. The van der Waals surface area contributed by atoms with Crippen molar-refractivity contribution >= 4 is 17.7 Å². The number of pyridine rings is 1. The normalized spacial score (nSPS) is 18.1. The van der Waals surface area contributed by atoms with Crippen molar-refractivity contribution in [3.8, 4) is 5.75 Å². The fraction of sp³-hybridized carbons (Fsp3) is 0.417. The van der Waals surface area contributed by atoms with E-state index in [4.69, 9.17) is 9.47 Å². The van der Waals surface area contributed by atoms with E-state index in [1.54, 1.807) is 31.6 Å². The zero-order valence-electron chi connectivity index (χ0n) is 18.5. The van der Waals surface area contributed by atoms with Gasteiger partial charge in [0.25, 0.3) is 0 Å². The van der Waals surface area contributed by atoms with Gasteiger partial charge in [0.15, 0.2) is 0 Å². The van der Waals surface area contributed by atoms with Crippen LogP contribution in [0.15, 0.2) is 48.8 Å². The molecular formula is C24H29N3O5. The molecule has 1 saturated heterocycles. The Hall–Kier alpha value is -3.26. The number of hydrogen-bond acceptors (Lipinski definition) is 6. The molecule has 3 rings (SSSR count). The van der Waals surface area contributed by atoms with Gasteiger partial charge >= 0.3 is 0 Å². The maximum absolute atomic E-state index is 13.5. The van der Waals surface area contributed by atoms with Gasteiger partial charge in [0, 0.05) is 39.3 Å². The van der Waals surface area contributed by atoms with Crippen LogP contribution in [-0.4, -0.2) is 61.0 Å². The summed E-state index contributed by atoms with van der Waals surface area (Å²) in [6.45, 7) is 3.16. The second-order valence-electron chi connectivity index (χ2n) is 7.83. The summed E-state index contributed by atoms with van der Waals surface area (Å²) in [4.78, 5) is 44.4. The molecule has 1 aromatic carbocycles. The number of benzene rings is 1. The first-order valence-electron chi connectivity index (χ1n) is 10.7. The van der Waals surface area contributed by atoms with Crippen molar-refractivity contribution in [2.45, 2.75) is 31.6 Å². The lowest BCUT2D eigenvalue weighted by molar-refractivity contribution is -0.141. The van der Waals surface area contributed by atoms with Crippen molar-refractivity contribution in [2.75, 3.05) is 33.4 Å². The molecule has 1 aliphatic rings. The summed E-state index contributed by atoms with van der Waals surface area (Å²) < 4.78 is 10.6. The van der Waals surface area contributed by atoms with Crippen LogP contribution >= 0.6 is 0 Å². The van der Waals surface area contributed by atoms with Crippen molar-refractivity contribution in [3.63, 3.8) is 0 Å². The zero-order chi connectivity index (χ0) is 23.0. The molecule has 2 aromatic rings. The zero-order valence-corrected chi connectivity index (χ0v) is 18.5. The van der Waals surface area contributed by atoms with Crippen molar-refractivity contribution in [1.82, 2.24) is 15.2 Å². The third-order valence-electron chi connectivity index (χ3n) is 5.59. The predicted octanol–water partition coefficient (Wildman–Crippen LogP) is 2.01. The van der Waals surface area contributed by atoms with Crippen LogP contribution in [-0.2, 0) is 24.5 Å². The summed E-state index contributed by atoms with van der Waals surface area (Å²) in [7, 11) is 1.58. The van der Waals surface area contributed by atoms with Crippen molar-refractivity contribution in [2.24, 2.45) is 0 Å². The SMILES string of the molecule is COCCCN1C(=O)CC(CC(=O)NCCOc2cccnc2)(c2ccccc2C)C1=O. The van der Waals surface area contributed by atoms with E-state index in [1.807, 2.05) is 31.2 Å². The van der Waals surface area contributed by atoms with E-state index in [2.05, 4.69) is 10.3 Å². The molecule has 1 atom stereocenters. The largest absolute Gasteiger partial charge is 0.490 e. The lowest BCUT2D eigenvalue weighted by Gasteiger charge is -2.28. The topological polar surface area (TPSA) is 97.8 Å². The highest BCUT2D eigenvalue weighted by Gasteiger charge is 2.53. The van der Waals surface area contributed by atoms with Gasteiger partial charge in [-0.25, -0.2) is 0 Å². The maximum Gasteiger partial charge on any atom is 0.240 e. The molecule has 1 aromatic heterocycles. The molecule has 1 N–H and O–H groups in total. The van der Waals surface area contributed by atoms with E-state index in [0.717, 1.165) is 5.56 Å². The summed E-state index contributed by atoms with van der Waals surface area (Å²) in [6, 6.07) is 11.0. The molecule has 0 radical (unpaired) electrons. The number of amides is 3. The molecule has 0 saturated carbocycles. The average molecular weight is 440 g/mol. The number of methoxy groups -OCH3 is 1. The van der Waals surface area contributed by atoms with E-state index in [9.17, 15) is 14.4 Å². The van der Waals surface area contributed by atoms with Crippen LogP contribution in [0.1, 0.15) is 30.4 Å². The number of nitrogens with zero attached hydrogens (tertiary/aromatic N) is 2. The van der Waals surface area contributed by atoms with E-state index >= 15 is 0 Å². The second-order valence-corrected chi connectivity index (χ2v) is 7.83. The van der Waals surface area contributed by atoms with E-state index < -0.39 is 5.41 Å². The van der Waals surface area contributed by atoms with Crippen LogP contribution in [0, 0.1) is 6.92 Å². The highest BCUT2D eigenvalue weighted by Crippen LogP contribution is 2.41. The second kappa shape index (κ2) is 10.9. The number of aryl methyl sites for hydroxylation is 1. The van der Waals surface area contributed by atoms with Gasteiger partial charge in [0.2, 0.25) is 17.7 Å². The van der Waals surface area contributed by atoms with Crippen molar-refractivity contribution in [1.29, 1.82) is 0 Å². The summed E-state index contributed by atoms with van der Waals surface area (Å²) in [5.74, 6) is -0.277. The van der Waals surface area contributed by atoms with Crippen molar-refractivity contribution in [3.05, 3.63) is 59.9 Å². The molecule has 32 heavy (non-hydrogen) atoms. The highest BCUT2D eigenvalue weighted by molar-refractivity contribution is 6.10. The molecule has 8 nitrogen and oxygen atoms in total. The maximum atomic E-state index is 13.5. The first-order chi connectivity index (χ1) is 15.5. The molecule has 1 aliphatic heterocycles. The van der Waals surface area contributed by atoms with E-state index in [1.165, 1.54) is 4.90 Å². The van der Waals surface area contributed by atoms with Gasteiger partial charge in [-0.15, -0.1) is 0 Å². The van der Waals surface area contributed by atoms with Gasteiger partial charge in [-0.3, -0.25) is 24.3 Å². The van der Waals surface area contributed by atoms with E-state index in [0.29, 0.717) is 24.3 Å². The Kier molecular flexibility index (Phi) is 7.94. The van der Waals surface area contributed by atoms with Crippen molar-refractivity contribution < 1.29 is 23.9 Å². The Morgan fingerprint density at radius 1 is 1.19 bits per heavy atom. The lowest BCUT2D eigenvalue weighted by atomic mass is 9.74. The number of carbonyl (C=O) groups excluding carboxylic acids is 3. The summed E-state index contributed by atoms with van der Waals surface area (Å²) in [6.07, 6.45) is 3.67. The minimum atomic E-state index is -1.20. The van der Waals surface area contributed by atoms with Gasteiger partial charge in [-0.05, 0) is 36.6 Å². The molecule has 8 heteroatoms. The standard InChI is InChI=1S/C24H29N3O5/c1-18-7-3-4-9-20(18)24(16-22(29)27(23(24)30)12-6-13-31-2)15-21(28)26-11-14-32-19-8-5-10-25-17-19/h3-5,7-10,17H,6,11-16H2,1-2H3,(H,26,28). The average Bonchev–Trinajstić information content (AvgIpc) is 3.02. The number of aromatic nitrogens is 1. The number of hydrogen-bond donors (Lipinski definition) is 1. The molecule has 0 bridgehead atoms. The molecule has 1 unspecified atom stereocenters. The Bertz CT molecular complexity index is 950. The van der Waals surface area contributed by atoms with Gasteiger partial charge in [-0.1, -0.05) is 24.3 Å². The van der Waals surface area contributed by atoms with Gasteiger partial charge in [0.1, 0.15) is 12.4 Å². The molecule has 3 amide bonds. The van der Waals surface area contributed by atoms with Crippen LogP contribution < -0.4 is 10.1 Å². The van der Waals surface area contributed by atoms with Crippen LogP contribution in [0.4, 0.5) is 0 Å². The number of carbonyl (C=O) groups is 3. The number of ether oxygens (including phenoxy) is 2. The highest BCUT2D eigenvalue weighted by atomic mass is 16.5. The molecule has 0 spiro atoms. The van der Waals surface area contributed by atoms with Gasteiger partial charge in [0.05, 0.1) is 18.2 Å². The van der Waals surface area contributed by atoms with E-state index in [-0.39, 0.29) is 50.3 Å². The number of imide groups is 1. The number of rotatable bonds is 11. The molecular weight excluding hydrogens is 410 g/mol. The molecule has 0 aliphatic carbocycles. The molecule has 170 valence electrons. The Morgan fingerprint density at radius 2 is 2.00 bits per heavy atom. The first-order valence-corrected chi connectivity index (χ1v) is 10.7. The summed E-state index contributed by atoms with van der Waals surface area (Å²) in [5.41, 5.74) is 0.388. The number of likely N-dealkylation sites (tertiary alicyclic amines) is 1. The third kappa shape index (κ3) is 5.31. The van der Waals surface area contributed by atoms with Crippen LogP contribution in [0.2, 0.25) is 0 Å².